The Kier molecular flexibility index (Phi) is 4.02. The van der Waals surface area contributed by atoms with Gasteiger partial charge in [0, 0.05) is 31.5 Å². The highest BCUT2D eigenvalue weighted by Gasteiger charge is 2.16. The van der Waals surface area contributed by atoms with Crippen LogP contribution in [0.1, 0.15) is 27.3 Å². The second-order valence-corrected chi connectivity index (χ2v) is 4.56. The first-order chi connectivity index (χ1) is 9.52. The van der Waals surface area contributed by atoms with Gasteiger partial charge in [-0.2, -0.15) is 5.10 Å². The third-order valence-corrected chi connectivity index (χ3v) is 3.20. The number of rotatable bonds is 4. The van der Waals surface area contributed by atoms with E-state index in [-0.39, 0.29) is 5.91 Å². The summed E-state index contributed by atoms with van der Waals surface area (Å²) in [6, 6.07) is 3.64. The lowest BCUT2D eigenvalue weighted by Crippen LogP contribution is -2.24. The second kappa shape index (κ2) is 5.73. The summed E-state index contributed by atoms with van der Waals surface area (Å²) in [6.45, 7) is 4.13. The largest absolute Gasteiger partial charge is 0.481 e. The molecule has 2 aromatic rings. The number of ether oxygens (including phenoxy) is 1. The van der Waals surface area contributed by atoms with E-state index >= 15 is 0 Å². The van der Waals surface area contributed by atoms with Crippen molar-refractivity contribution < 1.29 is 9.53 Å². The fourth-order valence-corrected chi connectivity index (χ4v) is 2.01. The molecule has 0 saturated carbocycles. The lowest BCUT2D eigenvalue weighted by Gasteiger charge is -2.06. The van der Waals surface area contributed by atoms with E-state index in [1.54, 1.807) is 24.1 Å². The molecule has 6 heteroatoms. The molecule has 1 amide bonds. The van der Waals surface area contributed by atoms with Crippen molar-refractivity contribution in [1.29, 1.82) is 0 Å². The molecule has 0 saturated heterocycles. The Labute approximate surface area is 117 Å². The van der Waals surface area contributed by atoms with E-state index in [1.165, 1.54) is 0 Å². The third kappa shape index (κ3) is 2.79. The summed E-state index contributed by atoms with van der Waals surface area (Å²) in [6.07, 6.45) is 1.68. The Morgan fingerprint density at radius 1 is 1.40 bits per heavy atom. The smallest absolute Gasteiger partial charge is 0.255 e. The minimum Gasteiger partial charge on any atom is -0.481 e. The summed E-state index contributed by atoms with van der Waals surface area (Å²) >= 11 is 0. The molecule has 20 heavy (non-hydrogen) atoms. The van der Waals surface area contributed by atoms with Crippen molar-refractivity contribution in [2.75, 3.05) is 7.11 Å². The van der Waals surface area contributed by atoms with Gasteiger partial charge >= 0.3 is 0 Å². The molecule has 6 nitrogen and oxygen atoms in total. The first-order valence-corrected chi connectivity index (χ1v) is 6.30. The molecule has 106 valence electrons. The second-order valence-electron chi connectivity index (χ2n) is 4.56. The molecule has 0 unspecified atom stereocenters. The number of carbonyl (C=O) groups excluding carboxylic acids is 1. The molecule has 0 aromatic carbocycles. The fraction of sp³-hybridized carbons (Fsp3) is 0.357. The number of carbonyl (C=O) groups is 1. The average molecular weight is 274 g/mol. The average Bonchev–Trinajstić information content (AvgIpc) is 2.70. The summed E-state index contributed by atoms with van der Waals surface area (Å²) in [5, 5.41) is 7.11. The summed E-state index contributed by atoms with van der Waals surface area (Å²) in [4.78, 5) is 16.3. The van der Waals surface area contributed by atoms with Gasteiger partial charge in [0.25, 0.3) is 5.91 Å². The van der Waals surface area contributed by atoms with Crippen molar-refractivity contribution in [3.63, 3.8) is 0 Å². The van der Waals surface area contributed by atoms with Crippen LogP contribution in [-0.4, -0.2) is 27.8 Å². The zero-order chi connectivity index (χ0) is 14.7. The van der Waals surface area contributed by atoms with Crippen molar-refractivity contribution in [1.82, 2.24) is 20.1 Å². The summed E-state index contributed by atoms with van der Waals surface area (Å²) in [5.74, 6) is 0.433. The van der Waals surface area contributed by atoms with E-state index < -0.39 is 0 Å². The number of hydrogen-bond donors (Lipinski definition) is 1. The van der Waals surface area contributed by atoms with Gasteiger partial charge in [0.15, 0.2) is 0 Å². The van der Waals surface area contributed by atoms with Gasteiger partial charge in [0.1, 0.15) is 0 Å². The molecule has 0 atom stereocenters. The number of amides is 1. The van der Waals surface area contributed by atoms with E-state index in [1.807, 2.05) is 27.0 Å². The van der Waals surface area contributed by atoms with Crippen LogP contribution in [-0.2, 0) is 13.6 Å². The number of aryl methyl sites for hydroxylation is 2. The molecule has 0 aliphatic rings. The van der Waals surface area contributed by atoms with Gasteiger partial charge in [-0.3, -0.25) is 9.48 Å². The minimum absolute atomic E-state index is 0.121. The van der Waals surface area contributed by atoms with E-state index in [4.69, 9.17) is 4.74 Å². The van der Waals surface area contributed by atoms with Crippen molar-refractivity contribution in [3.8, 4) is 5.88 Å². The van der Waals surface area contributed by atoms with Crippen LogP contribution in [0.25, 0.3) is 0 Å². The fourth-order valence-electron chi connectivity index (χ4n) is 2.01. The predicted octanol–water partition coefficient (Wildman–Crippen LogP) is 1.37. The molecular formula is C14H18N4O2. The van der Waals surface area contributed by atoms with Gasteiger partial charge in [0.05, 0.1) is 18.4 Å². The number of hydrogen-bond acceptors (Lipinski definition) is 4. The first kappa shape index (κ1) is 14.0. The summed E-state index contributed by atoms with van der Waals surface area (Å²) < 4.78 is 6.70. The maximum absolute atomic E-state index is 12.2. The zero-order valence-electron chi connectivity index (χ0n) is 12.1. The van der Waals surface area contributed by atoms with Crippen LogP contribution in [0.5, 0.6) is 5.88 Å². The highest BCUT2D eigenvalue weighted by atomic mass is 16.5. The van der Waals surface area contributed by atoms with Crippen LogP contribution < -0.4 is 10.1 Å². The Morgan fingerprint density at radius 2 is 2.15 bits per heavy atom. The van der Waals surface area contributed by atoms with Gasteiger partial charge in [-0.1, -0.05) is 6.07 Å². The Hall–Kier alpha value is -2.37. The lowest BCUT2D eigenvalue weighted by molar-refractivity contribution is 0.0949. The van der Waals surface area contributed by atoms with Gasteiger partial charge in [-0.25, -0.2) is 4.98 Å². The number of aromatic nitrogens is 3. The molecule has 0 aliphatic carbocycles. The third-order valence-electron chi connectivity index (χ3n) is 3.20. The normalized spacial score (nSPS) is 10.4. The maximum Gasteiger partial charge on any atom is 0.255 e. The van der Waals surface area contributed by atoms with E-state index in [9.17, 15) is 4.79 Å². The van der Waals surface area contributed by atoms with E-state index in [0.29, 0.717) is 18.0 Å². The van der Waals surface area contributed by atoms with Crippen molar-refractivity contribution >= 4 is 5.91 Å². The SMILES string of the molecule is COc1ccc(CNC(=O)c2c(C)nn(C)c2C)cn1. The Bertz CT molecular complexity index is 617. The molecule has 2 rings (SSSR count). The van der Waals surface area contributed by atoms with Crippen LogP contribution in [0.3, 0.4) is 0 Å². The van der Waals surface area contributed by atoms with Crippen molar-refractivity contribution in [2.24, 2.45) is 7.05 Å². The summed E-state index contributed by atoms with van der Waals surface area (Å²) in [7, 11) is 3.39. The maximum atomic E-state index is 12.2. The topological polar surface area (TPSA) is 69.0 Å². The molecule has 0 fully saturated rings. The highest BCUT2D eigenvalue weighted by Crippen LogP contribution is 2.12. The molecular weight excluding hydrogens is 256 g/mol. The number of nitrogens with one attached hydrogen (secondary N) is 1. The van der Waals surface area contributed by atoms with Gasteiger partial charge in [0.2, 0.25) is 5.88 Å². The first-order valence-electron chi connectivity index (χ1n) is 6.30. The standard InChI is InChI=1S/C14H18N4O2/c1-9-13(10(2)18(3)17-9)14(19)16-8-11-5-6-12(20-4)15-7-11/h5-7H,8H2,1-4H3,(H,16,19). The lowest BCUT2D eigenvalue weighted by atomic mass is 10.2. The number of pyridine rings is 1. The van der Waals surface area contributed by atoms with Crippen LogP contribution >= 0.6 is 0 Å². The minimum atomic E-state index is -0.121. The number of nitrogens with zero attached hydrogens (tertiary/aromatic N) is 3. The summed E-state index contributed by atoms with van der Waals surface area (Å²) in [5.41, 5.74) is 3.13. The van der Waals surface area contributed by atoms with Crippen LogP contribution in [0.2, 0.25) is 0 Å². The predicted molar refractivity (Wildman–Crippen MR) is 74.6 cm³/mol. The Morgan fingerprint density at radius 3 is 2.65 bits per heavy atom. The van der Waals surface area contributed by atoms with Crippen molar-refractivity contribution in [3.05, 3.63) is 40.8 Å². The molecule has 2 aromatic heterocycles. The zero-order valence-corrected chi connectivity index (χ0v) is 12.1. The van der Waals surface area contributed by atoms with Crippen LogP contribution in [0, 0.1) is 13.8 Å². The molecule has 0 spiro atoms. The van der Waals surface area contributed by atoms with Gasteiger partial charge < -0.3 is 10.1 Å². The highest BCUT2D eigenvalue weighted by molar-refractivity contribution is 5.96. The number of methoxy groups -OCH3 is 1. The monoisotopic (exact) mass is 274 g/mol. The van der Waals surface area contributed by atoms with E-state index in [0.717, 1.165) is 17.0 Å². The van der Waals surface area contributed by atoms with Crippen LogP contribution in [0.15, 0.2) is 18.3 Å². The Balaban J connectivity index is 2.04. The molecule has 1 N–H and O–H groups in total. The molecule has 0 radical (unpaired) electrons. The van der Waals surface area contributed by atoms with Crippen LogP contribution in [0.4, 0.5) is 0 Å². The molecule has 0 aliphatic heterocycles. The molecule has 2 heterocycles. The van der Waals surface area contributed by atoms with Crippen molar-refractivity contribution in [2.45, 2.75) is 20.4 Å². The van der Waals surface area contributed by atoms with E-state index in [2.05, 4.69) is 15.4 Å². The molecule has 0 bridgehead atoms. The van der Waals surface area contributed by atoms with Gasteiger partial charge in [-0.05, 0) is 19.4 Å². The van der Waals surface area contributed by atoms with Gasteiger partial charge in [-0.15, -0.1) is 0 Å². The quantitative estimate of drug-likeness (QED) is 0.914.